The number of pyridine rings is 1. The van der Waals surface area contributed by atoms with Crippen molar-refractivity contribution in [1.29, 1.82) is 0 Å². The number of aromatic nitrogens is 1. The second-order valence-electron chi connectivity index (χ2n) is 7.86. The second kappa shape index (κ2) is 11.4. The van der Waals surface area contributed by atoms with Crippen molar-refractivity contribution in [3.63, 3.8) is 0 Å². The summed E-state index contributed by atoms with van der Waals surface area (Å²) in [7, 11) is 0. The summed E-state index contributed by atoms with van der Waals surface area (Å²) in [6.07, 6.45) is 4.32. The van der Waals surface area contributed by atoms with Gasteiger partial charge in [-0.3, -0.25) is 4.98 Å². The molecule has 1 N–H and O–H groups in total. The minimum Gasteiger partial charge on any atom is -0.364 e. The topological polar surface area (TPSA) is 28.2 Å². The van der Waals surface area contributed by atoms with E-state index in [-0.39, 0.29) is 24.8 Å². The highest BCUT2D eigenvalue weighted by Crippen LogP contribution is 2.26. The average molecular weight is 444 g/mol. The van der Waals surface area contributed by atoms with E-state index in [0.717, 1.165) is 25.3 Å². The summed E-state index contributed by atoms with van der Waals surface area (Å²) in [5.41, 5.74) is 7.43. The molecule has 0 amide bonds. The van der Waals surface area contributed by atoms with Crippen molar-refractivity contribution in [2.24, 2.45) is 0 Å². The lowest BCUT2D eigenvalue weighted by atomic mass is 10.0. The van der Waals surface area contributed by atoms with E-state index >= 15 is 0 Å². The molecule has 1 aliphatic rings. The molecule has 0 radical (unpaired) electrons. The Labute approximate surface area is 192 Å². The monoisotopic (exact) mass is 443 g/mol. The summed E-state index contributed by atoms with van der Waals surface area (Å²) in [6.45, 7) is 7.38. The fourth-order valence-corrected chi connectivity index (χ4v) is 4.02. The van der Waals surface area contributed by atoms with E-state index in [1.165, 1.54) is 40.8 Å². The van der Waals surface area contributed by atoms with Gasteiger partial charge >= 0.3 is 0 Å². The Morgan fingerprint density at radius 3 is 2.33 bits per heavy atom. The first-order chi connectivity index (χ1) is 13.7. The maximum absolute atomic E-state index is 4.63. The van der Waals surface area contributed by atoms with E-state index in [2.05, 4.69) is 89.7 Å². The van der Waals surface area contributed by atoms with E-state index in [1.807, 2.05) is 6.20 Å². The van der Waals surface area contributed by atoms with Gasteiger partial charge in [0.2, 0.25) is 0 Å². The third-order valence-electron chi connectivity index (χ3n) is 5.61. The molecule has 5 heteroatoms. The molecule has 160 valence electrons. The highest BCUT2D eigenvalue weighted by atomic mass is 35.5. The van der Waals surface area contributed by atoms with Crippen LogP contribution in [0.2, 0.25) is 0 Å². The Balaban J connectivity index is 0.00000160. The zero-order chi connectivity index (χ0) is 19.3. The van der Waals surface area contributed by atoms with E-state index in [1.54, 1.807) is 0 Å². The van der Waals surface area contributed by atoms with Gasteiger partial charge < -0.3 is 10.2 Å². The number of aryl methyl sites for hydroxylation is 2. The van der Waals surface area contributed by atoms with E-state index < -0.39 is 0 Å². The molecule has 0 bridgehead atoms. The average Bonchev–Trinajstić information content (AvgIpc) is 2.74. The SMILES string of the molecule is Cc1ccc(N(Cc2ccnc(-c3cccc(C)c3)c2)C2CCNCC2)cc1.Cl.Cl. The summed E-state index contributed by atoms with van der Waals surface area (Å²) >= 11 is 0. The predicted molar refractivity (Wildman–Crippen MR) is 132 cm³/mol. The normalized spacial score (nSPS) is 13.8. The van der Waals surface area contributed by atoms with E-state index in [9.17, 15) is 0 Å². The molecule has 1 aliphatic heterocycles. The number of benzene rings is 2. The minimum atomic E-state index is 0. The summed E-state index contributed by atoms with van der Waals surface area (Å²) in [5.74, 6) is 0. The lowest BCUT2D eigenvalue weighted by molar-refractivity contribution is 0.428. The molecule has 0 saturated carbocycles. The van der Waals surface area contributed by atoms with Crippen molar-refractivity contribution in [3.05, 3.63) is 83.6 Å². The van der Waals surface area contributed by atoms with Gasteiger partial charge in [-0.25, -0.2) is 0 Å². The second-order valence-corrected chi connectivity index (χ2v) is 7.86. The number of hydrogen-bond donors (Lipinski definition) is 1. The summed E-state index contributed by atoms with van der Waals surface area (Å²) < 4.78 is 0. The quantitative estimate of drug-likeness (QED) is 0.526. The molecule has 0 spiro atoms. The molecule has 4 rings (SSSR count). The number of halogens is 2. The van der Waals surface area contributed by atoms with Crippen LogP contribution in [0, 0.1) is 13.8 Å². The molecule has 3 nitrogen and oxygen atoms in total. The van der Waals surface area contributed by atoms with Gasteiger partial charge in [-0.2, -0.15) is 0 Å². The molecule has 0 aliphatic carbocycles. The summed E-state index contributed by atoms with van der Waals surface area (Å²) in [5, 5.41) is 3.49. The van der Waals surface area contributed by atoms with Crippen molar-refractivity contribution < 1.29 is 0 Å². The molecule has 1 aromatic heterocycles. The van der Waals surface area contributed by atoms with Crippen molar-refractivity contribution in [3.8, 4) is 11.3 Å². The number of nitrogens with one attached hydrogen (secondary N) is 1. The zero-order valence-corrected chi connectivity index (χ0v) is 19.3. The third-order valence-corrected chi connectivity index (χ3v) is 5.61. The Bertz CT molecular complexity index is 922. The molecule has 1 fully saturated rings. The maximum atomic E-state index is 4.63. The molecule has 0 atom stereocenters. The zero-order valence-electron chi connectivity index (χ0n) is 17.7. The standard InChI is InChI=1S/C25H29N3.2ClH/c1-19-6-8-23(9-7-19)28(24-11-13-26-14-12-24)18-21-10-15-27-25(17-21)22-5-3-4-20(2)16-22;;/h3-10,15-17,24,26H,11-14,18H2,1-2H3;2*1H. The van der Waals surface area contributed by atoms with E-state index in [0.29, 0.717) is 6.04 Å². The molecule has 1 saturated heterocycles. The predicted octanol–water partition coefficient (Wildman–Crippen LogP) is 5.97. The van der Waals surface area contributed by atoms with Crippen LogP contribution in [-0.2, 0) is 6.54 Å². The molecule has 2 aromatic carbocycles. The highest BCUT2D eigenvalue weighted by Gasteiger charge is 2.21. The molecular weight excluding hydrogens is 413 g/mol. The van der Waals surface area contributed by atoms with Gasteiger partial charge in [-0.05, 0) is 75.7 Å². The molecule has 2 heterocycles. The van der Waals surface area contributed by atoms with Crippen LogP contribution in [0.3, 0.4) is 0 Å². The van der Waals surface area contributed by atoms with Crippen LogP contribution in [-0.4, -0.2) is 24.1 Å². The summed E-state index contributed by atoms with van der Waals surface area (Å²) in [6, 6.07) is 22.5. The first-order valence-electron chi connectivity index (χ1n) is 10.2. The van der Waals surface area contributed by atoms with Gasteiger partial charge in [-0.1, -0.05) is 41.5 Å². The molecule has 30 heavy (non-hydrogen) atoms. The number of nitrogens with zero attached hydrogens (tertiary/aromatic N) is 2. The van der Waals surface area contributed by atoms with Gasteiger partial charge in [0.05, 0.1) is 5.69 Å². The fourth-order valence-electron chi connectivity index (χ4n) is 4.02. The Morgan fingerprint density at radius 1 is 0.900 bits per heavy atom. The third kappa shape index (κ3) is 5.98. The van der Waals surface area contributed by atoms with Gasteiger partial charge in [-0.15, -0.1) is 24.8 Å². The number of hydrogen-bond acceptors (Lipinski definition) is 3. The van der Waals surface area contributed by atoms with Crippen LogP contribution >= 0.6 is 24.8 Å². The lowest BCUT2D eigenvalue weighted by Gasteiger charge is -2.36. The van der Waals surface area contributed by atoms with Crippen LogP contribution in [0.4, 0.5) is 5.69 Å². The first kappa shape index (κ1) is 24.2. The van der Waals surface area contributed by atoms with Crippen molar-refractivity contribution >= 4 is 30.5 Å². The van der Waals surface area contributed by atoms with Crippen LogP contribution in [0.5, 0.6) is 0 Å². The number of piperidine rings is 1. The smallest absolute Gasteiger partial charge is 0.0705 e. The van der Waals surface area contributed by atoms with Gasteiger partial charge in [0.25, 0.3) is 0 Å². The molecule has 3 aromatic rings. The van der Waals surface area contributed by atoms with E-state index in [4.69, 9.17) is 0 Å². The van der Waals surface area contributed by atoms with Gasteiger partial charge in [0, 0.05) is 30.0 Å². The molecular formula is C25H31Cl2N3. The van der Waals surface area contributed by atoms with Crippen molar-refractivity contribution in [2.45, 2.75) is 39.3 Å². The van der Waals surface area contributed by atoms with Gasteiger partial charge in [0.15, 0.2) is 0 Å². The Hall–Kier alpha value is -2.07. The van der Waals surface area contributed by atoms with Crippen LogP contribution in [0.15, 0.2) is 66.9 Å². The Kier molecular flexibility index (Phi) is 9.16. The number of rotatable bonds is 5. The molecule has 0 unspecified atom stereocenters. The van der Waals surface area contributed by atoms with Crippen molar-refractivity contribution in [1.82, 2.24) is 10.3 Å². The summed E-state index contributed by atoms with van der Waals surface area (Å²) in [4.78, 5) is 7.21. The van der Waals surface area contributed by atoms with Crippen LogP contribution in [0.1, 0.15) is 29.5 Å². The highest BCUT2D eigenvalue weighted by molar-refractivity contribution is 5.85. The van der Waals surface area contributed by atoms with Crippen molar-refractivity contribution in [2.75, 3.05) is 18.0 Å². The fraction of sp³-hybridized carbons (Fsp3) is 0.320. The van der Waals surface area contributed by atoms with Gasteiger partial charge in [0.1, 0.15) is 0 Å². The minimum absolute atomic E-state index is 0. The largest absolute Gasteiger partial charge is 0.364 e. The number of anilines is 1. The van der Waals surface area contributed by atoms with Crippen LogP contribution < -0.4 is 10.2 Å². The Morgan fingerprint density at radius 2 is 1.63 bits per heavy atom. The van der Waals surface area contributed by atoms with Crippen LogP contribution in [0.25, 0.3) is 11.3 Å². The maximum Gasteiger partial charge on any atom is 0.0705 e. The lowest BCUT2D eigenvalue weighted by Crippen LogP contribution is -2.43. The first-order valence-corrected chi connectivity index (χ1v) is 10.2.